The Labute approximate surface area is 308 Å². The molecular weight excluding hydrogens is 696 g/mol. The summed E-state index contributed by atoms with van der Waals surface area (Å²) >= 11 is 2.64. The second-order valence-electron chi connectivity index (χ2n) is 11.3. The third-order valence-electron chi connectivity index (χ3n) is 7.62. The van der Waals surface area contributed by atoms with Gasteiger partial charge in [0.1, 0.15) is 22.5 Å². The quantitative estimate of drug-likeness (QED) is 0.0809. The van der Waals surface area contributed by atoms with E-state index in [1.807, 2.05) is 73.0 Å². The second-order valence-corrected chi connectivity index (χ2v) is 13.3. The molecular formula is C41H33FN4O4S2. The fraction of sp³-hybridized carbons (Fsp3) is 0.0732. The largest absolute Gasteiger partial charge is 0.494 e. The molecule has 8 nitrogen and oxygen atoms in total. The topological polar surface area (TPSA) is 109 Å². The van der Waals surface area contributed by atoms with E-state index in [1.165, 1.54) is 41.3 Å². The smallest absolute Gasteiger partial charge is 0.272 e. The SMILES string of the molecule is CCOc1ccc(-c2csc(NC(=O)C(Sc3cccc(NC(=O)/C(=C/c4ccccc4F)NC(=O)c4ccccc4)c3)c3ccccc3)n2)cc1. The predicted octanol–water partition coefficient (Wildman–Crippen LogP) is 9.23. The van der Waals surface area contributed by atoms with Crippen LogP contribution in [0.2, 0.25) is 0 Å². The van der Waals surface area contributed by atoms with Crippen LogP contribution >= 0.6 is 23.1 Å². The van der Waals surface area contributed by atoms with E-state index in [0.717, 1.165) is 22.6 Å². The van der Waals surface area contributed by atoms with E-state index < -0.39 is 22.9 Å². The van der Waals surface area contributed by atoms with Crippen molar-refractivity contribution < 1.29 is 23.5 Å². The highest BCUT2D eigenvalue weighted by molar-refractivity contribution is 8.00. The molecule has 52 heavy (non-hydrogen) atoms. The minimum Gasteiger partial charge on any atom is -0.494 e. The first-order valence-electron chi connectivity index (χ1n) is 16.3. The number of ether oxygens (including phenoxy) is 1. The molecule has 11 heteroatoms. The molecule has 6 rings (SSSR count). The lowest BCUT2D eigenvalue weighted by Gasteiger charge is -2.17. The first kappa shape index (κ1) is 35.8. The van der Waals surface area contributed by atoms with Crippen LogP contribution in [0.3, 0.4) is 0 Å². The van der Waals surface area contributed by atoms with Crippen LogP contribution in [0, 0.1) is 5.82 Å². The van der Waals surface area contributed by atoms with E-state index in [2.05, 4.69) is 20.9 Å². The first-order valence-corrected chi connectivity index (χ1v) is 18.1. The molecule has 0 aliphatic rings. The Balaban J connectivity index is 1.20. The highest BCUT2D eigenvalue weighted by Gasteiger charge is 2.24. The van der Waals surface area contributed by atoms with Crippen LogP contribution in [0.25, 0.3) is 17.3 Å². The predicted molar refractivity (Wildman–Crippen MR) is 206 cm³/mol. The molecule has 0 bridgehead atoms. The Bertz CT molecular complexity index is 2190. The number of hydrogen-bond acceptors (Lipinski definition) is 7. The van der Waals surface area contributed by atoms with Gasteiger partial charge in [-0.1, -0.05) is 72.8 Å². The van der Waals surface area contributed by atoms with Crippen molar-refractivity contribution in [2.24, 2.45) is 0 Å². The van der Waals surface area contributed by atoms with Crippen molar-refractivity contribution in [3.05, 3.63) is 167 Å². The van der Waals surface area contributed by atoms with Gasteiger partial charge < -0.3 is 20.7 Å². The maximum absolute atomic E-state index is 14.6. The summed E-state index contributed by atoms with van der Waals surface area (Å²) < 4.78 is 20.1. The van der Waals surface area contributed by atoms with Gasteiger partial charge in [-0.15, -0.1) is 23.1 Å². The number of carbonyl (C=O) groups excluding carboxylic acids is 3. The van der Waals surface area contributed by atoms with Crippen molar-refractivity contribution in [2.45, 2.75) is 17.1 Å². The Kier molecular flexibility index (Phi) is 11.9. The Morgan fingerprint density at radius 3 is 2.29 bits per heavy atom. The van der Waals surface area contributed by atoms with Gasteiger partial charge in [0.05, 0.1) is 12.3 Å². The second kappa shape index (κ2) is 17.3. The van der Waals surface area contributed by atoms with Crippen molar-refractivity contribution in [3.63, 3.8) is 0 Å². The van der Waals surface area contributed by atoms with Gasteiger partial charge in [0.25, 0.3) is 11.8 Å². The van der Waals surface area contributed by atoms with Gasteiger partial charge in [-0.3, -0.25) is 14.4 Å². The summed E-state index contributed by atoms with van der Waals surface area (Å²) in [5.74, 6) is -1.21. The standard InChI is InChI=1S/C41H33FN4O4S2/c1-2-50-32-22-20-27(21-23-32)36-26-51-41(45-36)46-40(49)37(28-12-5-3-6-13-28)52-33-18-11-17-31(25-33)43-39(48)35(24-30-16-9-10-19-34(30)42)44-38(47)29-14-7-4-8-15-29/h3-26,37H,2H2,1H3,(H,43,48)(H,44,47)(H,45,46,49)/b35-24-. The number of benzene rings is 5. The zero-order valence-electron chi connectivity index (χ0n) is 27.9. The number of carbonyl (C=O) groups is 3. The molecule has 6 aromatic rings. The minimum absolute atomic E-state index is 0.133. The summed E-state index contributed by atoms with van der Waals surface area (Å²) in [5, 5.41) is 10.1. The normalized spacial score (nSPS) is 11.7. The van der Waals surface area contributed by atoms with Crippen LogP contribution < -0.4 is 20.7 Å². The Morgan fingerprint density at radius 2 is 1.56 bits per heavy atom. The zero-order chi connectivity index (χ0) is 36.3. The molecule has 0 aliphatic carbocycles. The van der Waals surface area contributed by atoms with Gasteiger partial charge in [0.15, 0.2) is 5.13 Å². The summed E-state index contributed by atoms with van der Waals surface area (Å²) in [6.45, 7) is 2.51. The molecule has 1 aromatic heterocycles. The van der Waals surface area contributed by atoms with Crippen molar-refractivity contribution in [3.8, 4) is 17.0 Å². The Morgan fingerprint density at radius 1 is 0.846 bits per heavy atom. The number of aromatic nitrogens is 1. The van der Waals surface area contributed by atoms with Gasteiger partial charge in [0.2, 0.25) is 5.91 Å². The van der Waals surface area contributed by atoms with E-state index >= 15 is 0 Å². The number of hydrogen-bond donors (Lipinski definition) is 3. The highest BCUT2D eigenvalue weighted by Crippen LogP contribution is 2.38. The molecule has 3 amide bonds. The van der Waals surface area contributed by atoms with E-state index in [0.29, 0.717) is 27.9 Å². The van der Waals surface area contributed by atoms with E-state index in [-0.39, 0.29) is 17.2 Å². The fourth-order valence-corrected chi connectivity index (χ4v) is 6.90. The van der Waals surface area contributed by atoms with Crippen LogP contribution in [0.15, 0.2) is 149 Å². The number of nitrogens with zero attached hydrogens (tertiary/aromatic N) is 1. The molecule has 260 valence electrons. The lowest BCUT2D eigenvalue weighted by Crippen LogP contribution is -2.30. The van der Waals surface area contributed by atoms with Crippen molar-refractivity contribution in [1.82, 2.24) is 10.3 Å². The third-order valence-corrected chi connectivity index (χ3v) is 9.62. The van der Waals surface area contributed by atoms with Crippen molar-refractivity contribution >= 4 is 57.7 Å². The first-order chi connectivity index (χ1) is 25.4. The fourth-order valence-electron chi connectivity index (χ4n) is 5.10. The zero-order valence-corrected chi connectivity index (χ0v) is 29.5. The molecule has 5 aromatic carbocycles. The summed E-state index contributed by atoms with van der Waals surface area (Å²) in [6, 6.07) is 38.4. The molecule has 0 saturated heterocycles. The maximum atomic E-state index is 14.6. The number of thioether (sulfide) groups is 1. The van der Waals surface area contributed by atoms with Gasteiger partial charge in [-0.2, -0.15) is 0 Å². The summed E-state index contributed by atoms with van der Waals surface area (Å²) in [6.07, 6.45) is 1.29. The summed E-state index contributed by atoms with van der Waals surface area (Å²) in [7, 11) is 0. The monoisotopic (exact) mass is 728 g/mol. The molecule has 0 radical (unpaired) electrons. The van der Waals surface area contributed by atoms with Gasteiger partial charge in [-0.25, -0.2) is 9.37 Å². The third kappa shape index (κ3) is 9.39. The van der Waals surface area contributed by atoms with Crippen LogP contribution in [-0.4, -0.2) is 29.3 Å². The van der Waals surface area contributed by atoms with Crippen molar-refractivity contribution in [1.29, 1.82) is 0 Å². The summed E-state index contributed by atoms with van der Waals surface area (Å²) in [5.41, 5.74) is 3.15. The molecule has 0 spiro atoms. The number of amides is 3. The molecule has 0 aliphatic heterocycles. The average Bonchev–Trinajstić information content (AvgIpc) is 3.64. The number of anilines is 2. The Hall–Kier alpha value is -6.04. The van der Waals surface area contributed by atoms with Crippen LogP contribution in [0.1, 0.15) is 33.7 Å². The molecule has 0 saturated carbocycles. The van der Waals surface area contributed by atoms with Gasteiger partial charge in [0, 0.05) is 32.7 Å². The van der Waals surface area contributed by atoms with Gasteiger partial charge in [-0.05, 0) is 79.2 Å². The average molecular weight is 729 g/mol. The number of rotatable bonds is 13. The van der Waals surface area contributed by atoms with Gasteiger partial charge >= 0.3 is 0 Å². The van der Waals surface area contributed by atoms with Crippen LogP contribution in [0.5, 0.6) is 5.75 Å². The lowest BCUT2D eigenvalue weighted by atomic mass is 10.1. The lowest BCUT2D eigenvalue weighted by molar-refractivity contribution is -0.116. The van der Waals surface area contributed by atoms with E-state index in [1.54, 1.807) is 60.7 Å². The van der Waals surface area contributed by atoms with Crippen LogP contribution in [0.4, 0.5) is 15.2 Å². The summed E-state index contributed by atoms with van der Waals surface area (Å²) in [4.78, 5) is 45.8. The highest BCUT2D eigenvalue weighted by atomic mass is 32.2. The minimum atomic E-state index is -0.661. The molecule has 1 unspecified atom stereocenters. The van der Waals surface area contributed by atoms with Crippen LogP contribution in [-0.2, 0) is 9.59 Å². The van der Waals surface area contributed by atoms with Crippen molar-refractivity contribution in [2.75, 3.05) is 17.2 Å². The molecule has 0 fully saturated rings. The molecule has 3 N–H and O–H groups in total. The maximum Gasteiger partial charge on any atom is 0.272 e. The molecule has 1 heterocycles. The van der Waals surface area contributed by atoms with E-state index in [9.17, 15) is 18.8 Å². The number of nitrogens with one attached hydrogen (secondary N) is 3. The van der Waals surface area contributed by atoms with E-state index in [4.69, 9.17) is 4.74 Å². The number of thiazole rings is 1. The number of halogens is 1. The molecule has 1 atom stereocenters.